The fourth-order valence-electron chi connectivity index (χ4n) is 3.44. The summed E-state index contributed by atoms with van der Waals surface area (Å²) < 4.78 is 32.7. The SMILES string of the molecule is Cc1ccc(S(=O)(=O)N2CC3=CC4COCC4C=C3C2)cc1. The number of nitrogens with zero attached hydrogens (tertiary/aromatic N) is 1. The van der Waals surface area contributed by atoms with Gasteiger partial charge in [0.25, 0.3) is 0 Å². The summed E-state index contributed by atoms with van der Waals surface area (Å²) in [6, 6.07) is 7.07. The first kappa shape index (κ1) is 14.2. The molecule has 0 radical (unpaired) electrons. The molecule has 1 aromatic rings. The van der Waals surface area contributed by atoms with Crippen LogP contribution in [0.4, 0.5) is 0 Å². The lowest BCUT2D eigenvalue weighted by Gasteiger charge is -2.17. The summed E-state index contributed by atoms with van der Waals surface area (Å²) in [5.74, 6) is 0.835. The third-order valence-electron chi connectivity index (χ3n) is 4.77. The van der Waals surface area contributed by atoms with Gasteiger partial charge in [0.05, 0.1) is 18.1 Å². The molecule has 2 aliphatic heterocycles. The van der Waals surface area contributed by atoms with Gasteiger partial charge in [0, 0.05) is 24.9 Å². The topological polar surface area (TPSA) is 46.6 Å². The number of hydrogen-bond donors (Lipinski definition) is 0. The second-order valence-corrected chi connectivity index (χ2v) is 8.27. The van der Waals surface area contributed by atoms with E-state index in [-0.39, 0.29) is 0 Å². The van der Waals surface area contributed by atoms with Gasteiger partial charge in [-0.05, 0) is 30.2 Å². The van der Waals surface area contributed by atoms with Crippen LogP contribution in [-0.2, 0) is 14.8 Å². The zero-order valence-electron chi connectivity index (χ0n) is 12.5. The number of sulfonamides is 1. The summed E-state index contributed by atoms with van der Waals surface area (Å²) in [6.07, 6.45) is 4.44. The van der Waals surface area contributed by atoms with E-state index in [1.54, 1.807) is 16.4 Å². The average Bonchev–Trinajstić information content (AvgIpc) is 3.10. The van der Waals surface area contributed by atoms with E-state index in [0.29, 0.717) is 29.8 Å². The number of fused-ring (bicyclic) bond motifs is 2. The van der Waals surface area contributed by atoms with Crippen molar-refractivity contribution in [1.82, 2.24) is 4.31 Å². The molecule has 116 valence electrons. The van der Waals surface area contributed by atoms with E-state index < -0.39 is 10.0 Å². The maximum atomic E-state index is 12.8. The van der Waals surface area contributed by atoms with Gasteiger partial charge in [-0.3, -0.25) is 0 Å². The minimum absolute atomic E-state index is 0.376. The lowest BCUT2D eigenvalue weighted by molar-refractivity contribution is 0.187. The van der Waals surface area contributed by atoms with E-state index in [9.17, 15) is 8.42 Å². The number of benzene rings is 1. The lowest BCUT2D eigenvalue weighted by Crippen LogP contribution is -2.28. The van der Waals surface area contributed by atoms with Crippen LogP contribution < -0.4 is 0 Å². The van der Waals surface area contributed by atoms with Crippen molar-refractivity contribution in [1.29, 1.82) is 0 Å². The Labute approximate surface area is 131 Å². The molecular formula is C17H19NO3S. The van der Waals surface area contributed by atoms with Crippen LogP contribution in [0.5, 0.6) is 0 Å². The van der Waals surface area contributed by atoms with Crippen molar-refractivity contribution in [2.75, 3.05) is 26.3 Å². The van der Waals surface area contributed by atoms with E-state index >= 15 is 0 Å². The molecule has 0 bridgehead atoms. The highest BCUT2D eigenvalue weighted by molar-refractivity contribution is 7.89. The highest BCUT2D eigenvalue weighted by Crippen LogP contribution is 2.37. The molecule has 22 heavy (non-hydrogen) atoms. The zero-order chi connectivity index (χ0) is 15.3. The molecule has 4 rings (SSSR count). The van der Waals surface area contributed by atoms with Gasteiger partial charge in [-0.15, -0.1) is 0 Å². The van der Waals surface area contributed by atoms with Gasteiger partial charge >= 0.3 is 0 Å². The van der Waals surface area contributed by atoms with Crippen molar-refractivity contribution in [3.8, 4) is 0 Å². The lowest BCUT2D eigenvalue weighted by atomic mass is 9.85. The standard InChI is InChI=1S/C17H19NO3S/c1-12-2-4-17(5-3-12)22(19,20)18-8-13-6-15-10-21-11-16(15)7-14(13)9-18/h2-7,15-16H,8-11H2,1H3. The van der Waals surface area contributed by atoms with Crippen molar-refractivity contribution in [2.24, 2.45) is 11.8 Å². The average molecular weight is 317 g/mol. The molecule has 1 aromatic carbocycles. The molecule has 2 unspecified atom stereocenters. The fraction of sp³-hybridized carbons (Fsp3) is 0.412. The second-order valence-electron chi connectivity index (χ2n) is 6.34. The smallest absolute Gasteiger partial charge is 0.243 e. The van der Waals surface area contributed by atoms with Crippen LogP contribution in [0, 0.1) is 18.8 Å². The van der Waals surface area contributed by atoms with Crippen molar-refractivity contribution in [3.63, 3.8) is 0 Å². The molecule has 0 amide bonds. The second kappa shape index (κ2) is 5.05. The summed E-state index contributed by atoms with van der Waals surface area (Å²) in [5.41, 5.74) is 3.37. The molecular weight excluding hydrogens is 298 g/mol. The first-order valence-electron chi connectivity index (χ1n) is 7.60. The Hall–Kier alpha value is -1.43. The monoisotopic (exact) mass is 317 g/mol. The minimum atomic E-state index is -3.42. The van der Waals surface area contributed by atoms with Gasteiger partial charge in [0.2, 0.25) is 10.0 Å². The van der Waals surface area contributed by atoms with Crippen LogP contribution in [0.25, 0.3) is 0 Å². The van der Waals surface area contributed by atoms with Crippen molar-refractivity contribution in [2.45, 2.75) is 11.8 Å². The van der Waals surface area contributed by atoms with Crippen LogP contribution in [-0.4, -0.2) is 39.0 Å². The highest BCUT2D eigenvalue weighted by atomic mass is 32.2. The van der Waals surface area contributed by atoms with Gasteiger partial charge in [0.15, 0.2) is 0 Å². The van der Waals surface area contributed by atoms with E-state index in [2.05, 4.69) is 12.2 Å². The third kappa shape index (κ3) is 2.24. The Morgan fingerprint density at radius 3 is 2.09 bits per heavy atom. The fourth-order valence-corrected chi connectivity index (χ4v) is 4.83. The molecule has 4 nitrogen and oxygen atoms in total. The Bertz CT molecular complexity index is 734. The minimum Gasteiger partial charge on any atom is -0.380 e. The zero-order valence-corrected chi connectivity index (χ0v) is 13.3. The number of hydrogen-bond acceptors (Lipinski definition) is 3. The molecule has 5 heteroatoms. The Morgan fingerprint density at radius 2 is 1.55 bits per heavy atom. The van der Waals surface area contributed by atoms with Gasteiger partial charge in [-0.2, -0.15) is 4.31 Å². The van der Waals surface area contributed by atoms with Crippen molar-refractivity contribution >= 4 is 10.0 Å². The summed E-state index contributed by atoms with van der Waals surface area (Å²) >= 11 is 0. The predicted molar refractivity (Wildman–Crippen MR) is 83.9 cm³/mol. The van der Waals surface area contributed by atoms with Crippen LogP contribution in [0.3, 0.4) is 0 Å². The molecule has 2 atom stereocenters. The van der Waals surface area contributed by atoms with Gasteiger partial charge in [-0.1, -0.05) is 29.8 Å². The summed E-state index contributed by atoms with van der Waals surface area (Å²) in [4.78, 5) is 0.376. The quantitative estimate of drug-likeness (QED) is 0.839. The van der Waals surface area contributed by atoms with Crippen LogP contribution >= 0.6 is 0 Å². The van der Waals surface area contributed by atoms with Crippen LogP contribution in [0.2, 0.25) is 0 Å². The van der Waals surface area contributed by atoms with E-state index in [1.165, 1.54) is 0 Å². The number of ether oxygens (including phenoxy) is 1. The first-order valence-corrected chi connectivity index (χ1v) is 9.04. The molecule has 0 N–H and O–H groups in total. The molecule has 2 fully saturated rings. The molecule has 1 aliphatic carbocycles. The van der Waals surface area contributed by atoms with Gasteiger partial charge in [-0.25, -0.2) is 8.42 Å². The summed E-state index contributed by atoms with van der Waals surface area (Å²) in [6.45, 7) is 4.42. The van der Waals surface area contributed by atoms with Gasteiger partial charge in [0.1, 0.15) is 0 Å². The Kier molecular flexibility index (Phi) is 3.25. The number of aryl methyl sites for hydroxylation is 1. The van der Waals surface area contributed by atoms with Crippen molar-refractivity contribution < 1.29 is 13.2 Å². The summed E-state index contributed by atoms with van der Waals surface area (Å²) in [7, 11) is -3.42. The van der Waals surface area contributed by atoms with Crippen LogP contribution in [0.1, 0.15) is 5.56 Å². The maximum absolute atomic E-state index is 12.8. The summed E-state index contributed by atoms with van der Waals surface area (Å²) in [5, 5.41) is 0. The Morgan fingerprint density at radius 1 is 1.00 bits per heavy atom. The maximum Gasteiger partial charge on any atom is 0.243 e. The Balaban J connectivity index is 1.63. The van der Waals surface area contributed by atoms with E-state index in [1.807, 2.05) is 19.1 Å². The molecule has 0 aromatic heterocycles. The molecule has 0 spiro atoms. The van der Waals surface area contributed by atoms with Gasteiger partial charge < -0.3 is 4.74 Å². The number of rotatable bonds is 2. The predicted octanol–water partition coefficient (Wildman–Crippen LogP) is 2.13. The van der Waals surface area contributed by atoms with E-state index in [4.69, 9.17) is 4.74 Å². The van der Waals surface area contributed by atoms with Crippen molar-refractivity contribution in [3.05, 3.63) is 53.1 Å². The molecule has 2 saturated heterocycles. The highest BCUT2D eigenvalue weighted by Gasteiger charge is 2.37. The largest absolute Gasteiger partial charge is 0.380 e. The molecule has 3 aliphatic rings. The molecule has 0 saturated carbocycles. The normalized spacial score (nSPS) is 28.0. The third-order valence-corrected chi connectivity index (χ3v) is 6.57. The molecule has 2 heterocycles. The van der Waals surface area contributed by atoms with E-state index in [0.717, 1.165) is 29.9 Å². The van der Waals surface area contributed by atoms with Crippen LogP contribution in [0.15, 0.2) is 52.5 Å². The first-order chi connectivity index (χ1) is 10.5.